The molecule has 3 heteroatoms. The predicted octanol–water partition coefficient (Wildman–Crippen LogP) is 2.14. The number of nitrogens with one attached hydrogen (secondary N) is 1. The van der Waals surface area contributed by atoms with Gasteiger partial charge in [-0.1, -0.05) is 20.8 Å². The molecule has 0 saturated heterocycles. The van der Waals surface area contributed by atoms with Crippen LogP contribution in [0.3, 0.4) is 0 Å². The Morgan fingerprint density at radius 1 is 1.05 bits per heavy atom. The summed E-state index contributed by atoms with van der Waals surface area (Å²) in [6.07, 6.45) is 2.75. The largest absolute Gasteiger partial charge is 0.314 e. The molecular weight excluding hydrogens is 234 g/mol. The minimum absolute atomic E-state index is 0.713. The van der Waals surface area contributed by atoms with E-state index in [1.165, 1.54) is 25.9 Å². The van der Waals surface area contributed by atoms with E-state index in [2.05, 4.69) is 57.0 Å². The Morgan fingerprint density at radius 2 is 1.74 bits per heavy atom. The number of rotatable bonds is 7. The van der Waals surface area contributed by atoms with Crippen LogP contribution < -0.4 is 5.32 Å². The molecule has 1 fully saturated rings. The zero-order valence-electron chi connectivity index (χ0n) is 13.9. The number of hydrogen-bond donors (Lipinski definition) is 1. The third kappa shape index (κ3) is 5.80. The number of hydrogen-bond acceptors (Lipinski definition) is 3. The van der Waals surface area contributed by atoms with Crippen LogP contribution in [0.4, 0.5) is 0 Å². The van der Waals surface area contributed by atoms with Gasteiger partial charge in [-0.2, -0.15) is 0 Å². The summed E-state index contributed by atoms with van der Waals surface area (Å²) in [5, 5.41) is 3.73. The highest BCUT2D eigenvalue weighted by molar-refractivity contribution is 4.88. The Bertz CT molecular complexity index is 242. The third-order valence-electron chi connectivity index (χ3n) is 4.60. The topological polar surface area (TPSA) is 18.5 Å². The standard InChI is InChI=1S/C16H35N3/c1-7-17-16-11-13(2)10-14(3)15(16)12-19(6)9-8-18(4)5/h13-17H,7-12H2,1-6H3. The van der Waals surface area contributed by atoms with Crippen molar-refractivity contribution in [1.29, 1.82) is 0 Å². The van der Waals surface area contributed by atoms with E-state index in [0.29, 0.717) is 6.04 Å². The van der Waals surface area contributed by atoms with Crippen molar-refractivity contribution in [2.45, 2.75) is 39.7 Å². The van der Waals surface area contributed by atoms with E-state index < -0.39 is 0 Å². The van der Waals surface area contributed by atoms with Crippen molar-refractivity contribution in [3.8, 4) is 0 Å². The first-order valence-electron chi connectivity index (χ1n) is 8.00. The van der Waals surface area contributed by atoms with E-state index in [4.69, 9.17) is 0 Å². The maximum absolute atomic E-state index is 3.73. The highest BCUT2D eigenvalue weighted by atomic mass is 15.2. The SMILES string of the molecule is CCNC1CC(C)CC(C)C1CN(C)CCN(C)C. The highest BCUT2D eigenvalue weighted by Gasteiger charge is 2.33. The van der Waals surface area contributed by atoms with E-state index in [1.807, 2.05) is 0 Å². The van der Waals surface area contributed by atoms with Gasteiger partial charge in [-0.15, -0.1) is 0 Å². The minimum atomic E-state index is 0.713. The summed E-state index contributed by atoms with van der Waals surface area (Å²) in [6.45, 7) is 11.7. The molecule has 3 nitrogen and oxygen atoms in total. The van der Waals surface area contributed by atoms with Gasteiger partial charge in [-0.25, -0.2) is 0 Å². The average Bonchev–Trinajstić information content (AvgIpc) is 2.31. The van der Waals surface area contributed by atoms with Crippen molar-refractivity contribution in [3.05, 3.63) is 0 Å². The van der Waals surface area contributed by atoms with Gasteiger partial charge in [0.1, 0.15) is 0 Å². The molecule has 4 atom stereocenters. The second-order valence-electron chi connectivity index (χ2n) is 6.95. The van der Waals surface area contributed by atoms with E-state index in [0.717, 1.165) is 30.8 Å². The third-order valence-corrected chi connectivity index (χ3v) is 4.60. The fourth-order valence-corrected chi connectivity index (χ4v) is 3.54. The quantitative estimate of drug-likeness (QED) is 0.764. The molecule has 1 aliphatic rings. The van der Waals surface area contributed by atoms with Crippen LogP contribution in [0.1, 0.15) is 33.6 Å². The van der Waals surface area contributed by atoms with Crippen LogP contribution in [0.25, 0.3) is 0 Å². The zero-order chi connectivity index (χ0) is 14.4. The monoisotopic (exact) mass is 269 g/mol. The van der Waals surface area contributed by atoms with Crippen LogP contribution in [0, 0.1) is 17.8 Å². The molecule has 114 valence electrons. The summed E-state index contributed by atoms with van der Waals surface area (Å²) in [5.41, 5.74) is 0. The molecule has 0 spiro atoms. The van der Waals surface area contributed by atoms with Crippen molar-refractivity contribution in [3.63, 3.8) is 0 Å². The Balaban J connectivity index is 2.51. The number of nitrogens with zero attached hydrogens (tertiary/aromatic N) is 2. The summed E-state index contributed by atoms with van der Waals surface area (Å²) in [4.78, 5) is 4.78. The normalized spacial score (nSPS) is 32.2. The van der Waals surface area contributed by atoms with E-state index >= 15 is 0 Å². The van der Waals surface area contributed by atoms with Crippen LogP contribution >= 0.6 is 0 Å². The van der Waals surface area contributed by atoms with Gasteiger partial charge in [0.25, 0.3) is 0 Å². The summed E-state index contributed by atoms with van der Waals surface area (Å²) < 4.78 is 0. The molecule has 0 aliphatic heterocycles. The second-order valence-corrected chi connectivity index (χ2v) is 6.95. The summed E-state index contributed by atoms with van der Waals surface area (Å²) in [7, 11) is 6.58. The fourth-order valence-electron chi connectivity index (χ4n) is 3.54. The van der Waals surface area contributed by atoms with Gasteiger partial charge in [-0.05, 0) is 58.3 Å². The first-order chi connectivity index (χ1) is 8.93. The molecule has 0 heterocycles. The molecule has 0 amide bonds. The van der Waals surface area contributed by atoms with Crippen molar-refractivity contribution in [2.24, 2.45) is 17.8 Å². The van der Waals surface area contributed by atoms with Gasteiger partial charge < -0.3 is 15.1 Å². The maximum atomic E-state index is 3.73. The van der Waals surface area contributed by atoms with Crippen LogP contribution in [0.2, 0.25) is 0 Å². The van der Waals surface area contributed by atoms with E-state index in [9.17, 15) is 0 Å². The Labute approximate surface area is 120 Å². The number of likely N-dealkylation sites (N-methyl/N-ethyl adjacent to an activating group) is 2. The van der Waals surface area contributed by atoms with Gasteiger partial charge in [0, 0.05) is 25.7 Å². The zero-order valence-corrected chi connectivity index (χ0v) is 13.9. The first kappa shape index (κ1) is 16.9. The lowest BCUT2D eigenvalue weighted by Gasteiger charge is -2.42. The molecule has 0 radical (unpaired) electrons. The summed E-state index contributed by atoms with van der Waals surface area (Å²) in [6, 6.07) is 0.713. The molecule has 0 bridgehead atoms. The van der Waals surface area contributed by atoms with Crippen LogP contribution in [0.5, 0.6) is 0 Å². The molecule has 1 aliphatic carbocycles. The lowest BCUT2D eigenvalue weighted by Crippen LogP contribution is -2.49. The van der Waals surface area contributed by atoms with Crippen LogP contribution in [0.15, 0.2) is 0 Å². The van der Waals surface area contributed by atoms with E-state index in [-0.39, 0.29) is 0 Å². The Kier molecular flexibility index (Phi) is 7.33. The minimum Gasteiger partial charge on any atom is -0.314 e. The van der Waals surface area contributed by atoms with Crippen molar-refractivity contribution >= 4 is 0 Å². The lowest BCUT2D eigenvalue weighted by atomic mass is 9.72. The molecule has 0 aromatic heterocycles. The van der Waals surface area contributed by atoms with Gasteiger partial charge in [-0.3, -0.25) is 0 Å². The van der Waals surface area contributed by atoms with Gasteiger partial charge >= 0.3 is 0 Å². The summed E-state index contributed by atoms with van der Waals surface area (Å²) >= 11 is 0. The van der Waals surface area contributed by atoms with Crippen molar-refractivity contribution in [2.75, 3.05) is 47.3 Å². The molecule has 1 saturated carbocycles. The molecule has 4 unspecified atom stereocenters. The van der Waals surface area contributed by atoms with Crippen molar-refractivity contribution < 1.29 is 0 Å². The predicted molar refractivity (Wildman–Crippen MR) is 84.6 cm³/mol. The van der Waals surface area contributed by atoms with Gasteiger partial charge in [0.05, 0.1) is 0 Å². The van der Waals surface area contributed by atoms with Crippen molar-refractivity contribution in [1.82, 2.24) is 15.1 Å². The van der Waals surface area contributed by atoms with Gasteiger partial charge in [0.15, 0.2) is 0 Å². The molecule has 19 heavy (non-hydrogen) atoms. The Hall–Kier alpha value is -0.120. The molecule has 0 aromatic rings. The lowest BCUT2D eigenvalue weighted by molar-refractivity contribution is 0.109. The second kappa shape index (κ2) is 8.23. The smallest absolute Gasteiger partial charge is 0.0112 e. The van der Waals surface area contributed by atoms with Crippen LogP contribution in [-0.2, 0) is 0 Å². The highest BCUT2D eigenvalue weighted by Crippen LogP contribution is 2.34. The molecule has 1 N–H and O–H groups in total. The fraction of sp³-hybridized carbons (Fsp3) is 1.00. The molecule has 1 rings (SSSR count). The average molecular weight is 269 g/mol. The van der Waals surface area contributed by atoms with E-state index in [1.54, 1.807) is 0 Å². The maximum Gasteiger partial charge on any atom is 0.0112 e. The summed E-state index contributed by atoms with van der Waals surface area (Å²) in [5.74, 6) is 2.53. The first-order valence-corrected chi connectivity index (χ1v) is 8.00. The van der Waals surface area contributed by atoms with Crippen LogP contribution in [-0.4, -0.2) is 63.2 Å². The van der Waals surface area contributed by atoms with Gasteiger partial charge in [0.2, 0.25) is 0 Å². The Morgan fingerprint density at radius 3 is 2.32 bits per heavy atom. The molecule has 0 aromatic carbocycles. The molecular formula is C16H35N3.